The first-order chi connectivity index (χ1) is 8.50. The number of benzene rings is 1. The molecule has 0 spiro atoms. The first-order valence-corrected chi connectivity index (χ1v) is 5.85. The summed E-state index contributed by atoms with van der Waals surface area (Å²) < 4.78 is 0. The summed E-state index contributed by atoms with van der Waals surface area (Å²) in [5.74, 6) is -1.74. The van der Waals surface area contributed by atoms with E-state index in [1.165, 1.54) is 0 Å². The van der Waals surface area contributed by atoms with Crippen molar-refractivity contribution >= 4 is 29.4 Å². The van der Waals surface area contributed by atoms with Crippen molar-refractivity contribution in [3.05, 3.63) is 35.9 Å². The van der Waals surface area contributed by atoms with Crippen LogP contribution in [0.2, 0.25) is 0 Å². The number of nitrogens with zero attached hydrogens (tertiary/aromatic N) is 1. The van der Waals surface area contributed by atoms with Crippen LogP contribution < -0.4 is 5.32 Å². The van der Waals surface area contributed by atoms with E-state index in [9.17, 15) is 14.4 Å². The van der Waals surface area contributed by atoms with Gasteiger partial charge in [0.1, 0.15) is 11.4 Å². The lowest BCUT2D eigenvalue weighted by Gasteiger charge is -2.21. The third kappa shape index (κ3) is 1.76. The van der Waals surface area contributed by atoms with Gasteiger partial charge in [0, 0.05) is 0 Å². The van der Waals surface area contributed by atoms with Gasteiger partial charge >= 0.3 is 6.03 Å². The molecule has 1 aromatic carbocycles. The molecule has 2 rings (SSSR count). The number of amides is 4. The number of alkyl halides is 1. The molecule has 18 heavy (non-hydrogen) atoms. The Morgan fingerprint density at radius 3 is 2.50 bits per heavy atom. The van der Waals surface area contributed by atoms with E-state index in [0.29, 0.717) is 10.5 Å². The van der Waals surface area contributed by atoms with Crippen LogP contribution in [0.25, 0.3) is 0 Å². The van der Waals surface area contributed by atoms with Gasteiger partial charge in [-0.3, -0.25) is 9.59 Å². The smallest absolute Gasteiger partial charge is 0.319 e. The first-order valence-electron chi connectivity index (χ1n) is 5.31. The van der Waals surface area contributed by atoms with Crippen LogP contribution in [0.5, 0.6) is 0 Å². The number of halogens is 1. The number of carbonyl (C=O) groups excluding carboxylic acids is 3. The van der Waals surface area contributed by atoms with Gasteiger partial charge < -0.3 is 5.32 Å². The van der Waals surface area contributed by atoms with Crippen molar-refractivity contribution in [2.45, 2.75) is 12.5 Å². The van der Waals surface area contributed by atoms with Crippen molar-refractivity contribution in [1.82, 2.24) is 10.2 Å². The highest BCUT2D eigenvalue weighted by atomic mass is 35.5. The van der Waals surface area contributed by atoms with Gasteiger partial charge in [0.25, 0.3) is 11.8 Å². The molecule has 1 aliphatic heterocycles. The van der Waals surface area contributed by atoms with Crippen molar-refractivity contribution < 1.29 is 14.4 Å². The van der Waals surface area contributed by atoms with E-state index in [4.69, 9.17) is 11.6 Å². The second kappa shape index (κ2) is 4.42. The lowest BCUT2D eigenvalue weighted by atomic mass is 9.92. The lowest BCUT2D eigenvalue weighted by molar-refractivity contribution is -0.140. The summed E-state index contributed by atoms with van der Waals surface area (Å²) in [4.78, 5) is 35.9. The van der Waals surface area contributed by atoms with Crippen LogP contribution in [-0.4, -0.2) is 28.6 Å². The zero-order valence-electron chi connectivity index (χ0n) is 9.64. The monoisotopic (exact) mass is 266 g/mol. The molecule has 1 heterocycles. The van der Waals surface area contributed by atoms with Gasteiger partial charge in [-0.2, -0.15) is 4.90 Å². The van der Waals surface area contributed by atoms with E-state index < -0.39 is 29.3 Å². The summed E-state index contributed by atoms with van der Waals surface area (Å²) in [5, 5.41) is 2.52. The van der Waals surface area contributed by atoms with Gasteiger partial charge in [-0.1, -0.05) is 30.3 Å². The third-order valence-electron chi connectivity index (χ3n) is 2.91. The number of hydrogen-bond donors (Lipinski definition) is 1. The topological polar surface area (TPSA) is 66.5 Å². The van der Waals surface area contributed by atoms with Gasteiger partial charge in [0.2, 0.25) is 0 Å². The number of imide groups is 3. The van der Waals surface area contributed by atoms with Crippen LogP contribution in [0, 0.1) is 0 Å². The highest BCUT2D eigenvalue weighted by Crippen LogP contribution is 2.28. The summed E-state index contributed by atoms with van der Waals surface area (Å²) in [6.45, 7) is 1.56. The van der Waals surface area contributed by atoms with E-state index in [1.54, 1.807) is 37.3 Å². The predicted molar refractivity (Wildman–Crippen MR) is 64.9 cm³/mol. The molecule has 0 aromatic heterocycles. The number of hydrogen-bond acceptors (Lipinski definition) is 3. The minimum atomic E-state index is -1.22. The van der Waals surface area contributed by atoms with Crippen LogP contribution in [0.4, 0.5) is 4.79 Å². The summed E-state index contributed by atoms with van der Waals surface area (Å²) in [6, 6.07) is 8.00. The Morgan fingerprint density at radius 1 is 1.33 bits per heavy atom. The molecule has 1 atom stereocenters. The van der Waals surface area contributed by atoms with E-state index in [1.807, 2.05) is 0 Å². The molecule has 4 amide bonds. The standard InChI is InChI=1S/C12H11ClN2O3/c1-12(8-5-3-2-4-6-8)10(17)15(9(16)7-13)11(18)14-12/h2-6H,7H2,1H3,(H,14,18)/t12-/m1/s1. The zero-order valence-corrected chi connectivity index (χ0v) is 10.4. The Bertz CT molecular complexity index is 517. The minimum absolute atomic E-state index is 0.413. The van der Waals surface area contributed by atoms with E-state index in [-0.39, 0.29) is 0 Å². The number of carbonyl (C=O) groups is 3. The maximum atomic E-state index is 12.2. The Balaban J connectivity index is 2.41. The van der Waals surface area contributed by atoms with Crippen LogP contribution in [0.15, 0.2) is 30.3 Å². The van der Waals surface area contributed by atoms with Crippen LogP contribution >= 0.6 is 11.6 Å². The molecule has 1 fully saturated rings. The van der Waals surface area contributed by atoms with Crippen LogP contribution in [0.3, 0.4) is 0 Å². The predicted octanol–water partition coefficient (Wildman–Crippen LogP) is 1.22. The van der Waals surface area contributed by atoms with Crippen LogP contribution in [-0.2, 0) is 15.1 Å². The van der Waals surface area contributed by atoms with Gasteiger partial charge in [-0.25, -0.2) is 4.79 Å². The van der Waals surface area contributed by atoms with E-state index in [0.717, 1.165) is 0 Å². The van der Waals surface area contributed by atoms with E-state index in [2.05, 4.69) is 5.32 Å². The van der Waals surface area contributed by atoms with Gasteiger partial charge in [0.15, 0.2) is 0 Å². The van der Waals surface area contributed by atoms with Gasteiger partial charge in [-0.15, -0.1) is 11.6 Å². The molecule has 6 heteroatoms. The fourth-order valence-corrected chi connectivity index (χ4v) is 2.01. The normalized spacial score (nSPS) is 23.1. The summed E-state index contributed by atoms with van der Waals surface area (Å²) in [5.41, 5.74) is -0.603. The Hall–Kier alpha value is -1.88. The van der Waals surface area contributed by atoms with Crippen LogP contribution in [0.1, 0.15) is 12.5 Å². The van der Waals surface area contributed by atoms with Crippen molar-refractivity contribution in [3.63, 3.8) is 0 Å². The molecule has 0 aliphatic carbocycles. The molecular formula is C12H11ClN2O3. The van der Waals surface area contributed by atoms with Crippen molar-refractivity contribution in [3.8, 4) is 0 Å². The average Bonchev–Trinajstić information content (AvgIpc) is 2.61. The van der Waals surface area contributed by atoms with E-state index >= 15 is 0 Å². The van der Waals surface area contributed by atoms with Crippen molar-refractivity contribution in [2.24, 2.45) is 0 Å². The molecule has 1 aromatic rings. The minimum Gasteiger partial charge on any atom is -0.319 e. The second-order valence-corrected chi connectivity index (χ2v) is 4.36. The SMILES string of the molecule is C[C@]1(c2ccccc2)NC(=O)N(C(=O)CCl)C1=O. The maximum absolute atomic E-state index is 12.2. The highest BCUT2D eigenvalue weighted by molar-refractivity contribution is 6.31. The average molecular weight is 267 g/mol. The first kappa shape index (κ1) is 12.6. The number of urea groups is 1. The largest absolute Gasteiger partial charge is 0.332 e. The molecule has 1 aliphatic rings. The molecular weight excluding hydrogens is 256 g/mol. The molecule has 94 valence electrons. The van der Waals surface area contributed by atoms with Crippen molar-refractivity contribution in [2.75, 3.05) is 5.88 Å². The van der Waals surface area contributed by atoms with Crippen molar-refractivity contribution in [1.29, 1.82) is 0 Å². The Kier molecular flexibility index (Phi) is 3.09. The fraction of sp³-hybridized carbons (Fsp3) is 0.250. The lowest BCUT2D eigenvalue weighted by Crippen LogP contribution is -2.42. The Morgan fingerprint density at radius 2 is 1.94 bits per heavy atom. The molecule has 0 bridgehead atoms. The Labute approximate surface area is 109 Å². The quantitative estimate of drug-likeness (QED) is 0.646. The number of nitrogens with one attached hydrogen (secondary N) is 1. The fourth-order valence-electron chi connectivity index (χ4n) is 1.89. The second-order valence-electron chi connectivity index (χ2n) is 4.09. The van der Waals surface area contributed by atoms with Gasteiger partial charge in [-0.05, 0) is 12.5 Å². The molecule has 0 radical (unpaired) electrons. The molecule has 5 nitrogen and oxygen atoms in total. The molecule has 1 N–H and O–H groups in total. The van der Waals surface area contributed by atoms with Gasteiger partial charge in [0.05, 0.1) is 0 Å². The maximum Gasteiger partial charge on any atom is 0.332 e. The molecule has 0 saturated carbocycles. The summed E-state index contributed by atoms with van der Waals surface area (Å²) in [7, 11) is 0. The number of rotatable bonds is 2. The highest BCUT2D eigenvalue weighted by Gasteiger charge is 2.51. The molecule has 0 unspecified atom stereocenters. The molecule has 1 saturated heterocycles. The zero-order chi connectivity index (χ0) is 13.3. The summed E-state index contributed by atoms with van der Waals surface area (Å²) >= 11 is 5.38. The summed E-state index contributed by atoms with van der Waals surface area (Å²) in [6.07, 6.45) is 0. The third-order valence-corrected chi connectivity index (χ3v) is 3.13.